The Morgan fingerprint density at radius 2 is 2.47 bits per heavy atom. The Balaban J connectivity index is 1.95. The largest absolute Gasteiger partial charge is 0.469 e. The Morgan fingerprint density at radius 1 is 1.68 bits per heavy atom. The number of carbonyl (C=O) groups excluding carboxylic acids is 1. The number of aromatic nitrogens is 3. The molecular weight excluding hydrogens is 248 g/mol. The van der Waals surface area contributed by atoms with Gasteiger partial charge in [0.2, 0.25) is 0 Å². The summed E-state index contributed by atoms with van der Waals surface area (Å²) in [5.74, 6) is 1.34. The number of hydrogen-bond donors (Lipinski definition) is 1. The lowest BCUT2D eigenvalue weighted by molar-refractivity contribution is -0.146. The maximum atomic E-state index is 11.3. The lowest BCUT2D eigenvalue weighted by Crippen LogP contribution is -2.44. The van der Waals surface area contributed by atoms with Crippen molar-refractivity contribution >= 4 is 5.97 Å². The topological polar surface area (TPSA) is 80.3 Å². The average Bonchev–Trinajstić information content (AvgIpc) is 2.84. The van der Waals surface area contributed by atoms with Crippen molar-refractivity contribution in [1.82, 2.24) is 20.1 Å². The molecule has 0 spiro atoms. The molecule has 0 unspecified atom stereocenters. The molecule has 7 heteroatoms. The van der Waals surface area contributed by atoms with Crippen LogP contribution in [0.5, 0.6) is 0 Å². The van der Waals surface area contributed by atoms with Gasteiger partial charge in [0.05, 0.1) is 32.3 Å². The van der Waals surface area contributed by atoms with Gasteiger partial charge >= 0.3 is 5.97 Å². The fourth-order valence-corrected chi connectivity index (χ4v) is 2.20. The second-order valence-electron chi connectivity index (χ2n) is 4.72. The van der Waals surface area contributed by atoms with Crippen LogP contribution >= 0.6 is 0 Å². The summed E-state index contributed by atoms with van der Waals surface area (Å²) >= 11 is 0. The molecule has 0 aromatic carbocycles. The number of carbonyl (C=O) groups is 1. The monoisotopic (exact) mass is 268 g/mol. The first kappa shape index (κ1) is 14.0. The highest BCUT2D eigenvalue weighted by Crippen LogP contribution is 2.20. The fourth-order valence-electron chi connectivity index (χ4n) is 2.20. The molecule has 1 aliphatic heterocycles. The van der Waals surface area contributed by atoms with Crippen LogP contribution in [0.15, 0.2) is 0 Å². The minimum Gasteiger partial charge on any atom is -0.469 e. The first-order chi connectivity index (χ1) is 9.10. The van der Waals surface area contributed by atoms with E-state index >= 15 is 0 Å². The highest BCUT2D eigenvalue weighted by molar-refractivity contribution is 5.69. The predicted molar refractivity (Wildman–Crippen MR) is 67.5 cm³/mol. The molecule has 1 saturated heterocycles. The summed E-state index contributed by atoms with van der Waals surface area (Å²) in [5, 5.41) is 7.03. The van der Waals surface area contributed by atoms with Gasteiger partial charge in [-0.05, 0) is 13.8 Å². The number of methoxy groups -OCH3 is 1. The number of aryl methyl sites for hydroxylation is 1. The number of morpholine rings is 1. The second kappa shape index (κ2) is 6.12. The molecule has 0 saturated carbocycles. The van der Waals surface area contributed by atoms with Gasteiger partial charge in [0.25, 0.3) is 0 Å². The molecule has 0 amide bonds. The van der Waals surface area contributed by atoms with Crippen LogP contribution < -0.4 is 0 Å². The standard InChI is InChI=1S/C12H20N4O3/c1-8(12-13-9(2)14-15-12)16-4-5-19-10(7-16)6-11(17)18-3/h8,10H,4-7H2,1-3H3,(H,13,14,15)/t8-,10+/m0/s1. The van der Waals surface area contributed by atoms with Gasteiger partial charge in [-0.25, -0.2) is 4.98 Å². The molecule has 1 fully saturated rings. The van der Waals surface area contributed by atoms with E-state index in [0.29, 0.717) is 13.2 Å². The van der Waals surface area contributed by atoms with Gasteiger partial charge in [-0.1, -0.05) is 0 Å². The lowest BCUT2D eigenvalue weighted by atomic mass is 10.1. The summed E-state index contributed by atoms with van der Waals surface area (Å²) in [6.45, 7) is 6.04. The van der Waals surface area contributed by atoms with Gasteiger partial charge in [0.15, 0.2) is 5.82 Å². The molecule has 0 radical (unpaired) electrons. The Kier molecular flexibility index (Phi) is 4.49. The van der Waals surface area contributed by atoms with Crippen LogP contribution in [-0.2, 0) is 14.3 Å². The quantitative estimate of drug-likeness (QED) is 0.798. The minimum atomic E-state index is -0.242. The third-order valence-electron chi connectivity index (χ3n) is 3.33. The summed E-state index contributed by atoms with van der Waals surface area (Å²) in [4.78, 5) is 17.8. The minimum absolute atomic E-state index is 0.106. The molecule has 2 atom stereocenters. The van der Waals surface area contributed by atoms with Crippen molar-refractivity contribution in [2.24, 2.45) is 0 Å². The Bertz CT molecular complexity index is 434. The van der Waals surface area contributed by atoms with Crippen LogP contribution in [0.2, 0.25) is 0 Å². The van der Waals surface area contributed by atoms with E-state index in [1.54, 1.807) is 0 Å². The summed E-state index contributed by atoms with van der Waals surface area (Å²) in [7, 11) is 1.39. The summed E-state index contributed by atoms with van der Waals surface area (Å²) in [6.07, 6.45) is 0.163. The van der Waals surface area contributed by atoms with E-state index in [9.17, 15) is 4.79 Å². The molecule has 1 aliphatic rings. The van der Waals surface area contributed by atoms with Gasteiger partial charge in [0, 0.05) is 13.1 Å². The second-order valence-corrected chi connectivity index (χ2v) is 4.72. The molecule has 2 heterocycles. The van der Waals surface area contributed by atoms with Crippen LogP contribution in [0.1, 0.15) is 31.0 Å². The van der Waals surface area contributed by atoms with E-state index in [-0.39, 0.29) is 24.5 Å². The number of aromatic amines is 1. The third kappa shape index (κ3) is 3.51. The fraction of sp³-hybridized carbons (Fsp3) is 0.750. The molecule has 0 bridgehead atoms. The molecule has 7 nitrogen and oxygen atoms in total. The molecular formula is C12H20N4O3. The van der Waals surface area contributed by atoms with Crippen molar-refractivity contribution in [1.29, 1.82) is 0 Å². The predicted octanol–water partition coefficient (Wildman–Crippen LogP) is 0.438. The van der Waals surface area contributed by atoms with Gasteiger partial charge in [-0.15, -0.1) is 0 Å². The van der Waals surface area contributed by atoms with Crippen LogP contribution in [0, 0.1) is 6.92 Å². The zero-order valence-corrected chi connectivity index (χ0v) is 11.5. The van der Waals surface area contributed by atoms with E-state index in [1.165, 1.54) is 7.11 Å². The van der Waals surface area contributed by atoms with Crippen molar-refractivity contribution in [3.63, 3.8) is 0 Å². The van der Waals surface area contributed by atoms with Crippen LogP contribution in [-0.4, -0.2) is 59.0 Å². The molecule has 19 heavy (non-hydrogen) atoms. The van der Waals surface area contributed by atoms with Crippen molar-refractivity contribution in [2.45, 2.75) is 32.4 Å². The van der Waals surface area contributed by atoms with Crippen LogP contribution in [0.4, 0.5) is 0 Å². The average molecular weight is 268 g/mol. The van der Waals surface area contributed by atoms with Gasteiger partial charge < -0.3 is 9.47 Å². The van der Waals surface area contributed by atoms with Crippen molar-refractivity contribution in [2.75, 3.05) is 26.8 Å². The molecule has 106 valence electrons. The number of hydrogen-bond acceptors (Lipinski definition) is 6. The van der Waals surface area contributed by atoms with Crippen molar-refractivity contribution in [3.05, 3.63) is 11.6 Å². The number of rotatable bonds is 4. The highest BCUT2D eigenvalue weighted by Gasteiger charge is 2.28. The molecule has 2 rings (SSSR count). The maximum Gasteiger partial charge on any atom is 0.308 e. The van der Waals surface area contributed by atoms with E-state index < -0.39 is 0 Å². The van der Waals surface area contributed by atoms with E-state index in [4.69, 9.17) is 4.74 Å². The SMILES string of the molecule is COC(=O)C[C@@H]1CN([C@@H](C)c2n[nH]c(C)n2)CCO1. The number of nitrogens with one attached hydrogen (secondary N) is 1. The van der Waals surface area contributed by atoms with Crippen LogP contribution in [0.25, 0.3) is 0 Å². The smallest absolute Gasteiger partial charge is 0.308 e. The highest BCUT2D eigenvalue weighted by atomic mass is 16.5. The number of H-pyrrole nitrogens is 1. The zero-order valence-electron chi connectivity index (χ0n) is 11.5. The first-order valence-corrected chi connectivity index (χ1v) is 6.41. The van der Waals surface area contributed by atoms with Gasteiger partial charge in [0.1, 0.15) is 5.82 Å². The summed E-state index contributed by atoms with van der Waals surface area (Å²) in [5.41, 5.74) is 0. The normalized spacial score (nSPS) is 22.2. The van der Waals surface area contributed by atoms with Crippen molar-refractivity contribution in [3.8, 4) is 0 Å². The molecule has 1 N–H and O–H groups in total. The molecule has 1 aromatic rings. The van der Waals surface area contributed by atoms with Crippen molar-refractivity contribution < 1.29 is 14.3 Å². The molecule has 0 aliphatic carbocycles. The van der Waals surface area contributed by atoms with E-state index in [0.717, 1.165) is 18.2 Å². The Morgan fingerprint density at radius 3 is 3.11 bits per heavy atom. The van der Waals surface area contributed by atoms with E-state index in [2.05, 4.69) is 31.7 Å². The first-order valence-electron chi connectivity index (χ1n) is 6.41. The Labute approximate surface area is 112 Å². The number of esters is 1. The number of ether oxygens (including phenoxy) is 2. The Hall–Kier alpha value is -1.47. The van der Waals surface area contributed by atoms with Gasteiger partial charge in [-0.2, -0.15) is 5.10 Å². The maximum absolute atomic E-state index is 11.3. The number of nitrogens with zero attached hydrogens (tertiary/aromatic N) is 3. The van der Waals surface area contributed by atoms with E-state index in [1.807, 2.05) is 6.92 Å². The van der Waals surface area contributed by atoms with Crippen LogP contribution in [0.3, 0.4) is 0 Å². The lowest BCUT2D eigenvalue weighted by Gasteiger charge is -2.35. The van der Waals surface area contributed by atoms with Gasteiger partial charge in [-0.3, -0.25) is 14.8 Å². The zero-order chi connectivity index (χ0) is 13.8. The third-order valence-corrected chi connectivity index (χ3v) is 3.33. The summed E-state index contributed by atoms with van der Waals surface area (Å²) in [6, 6.07) is 0.106. The molecule has 1 aromatic heterocycles. The summed E-state index contributed by atoms with van der Waals surface area (Å²) < 4.78 is 10.3.